The minimum atomic E-state index is -0.238. The Bertz CT molecular complexity index is 236. The van der Waals surface area contributed by atoms with Crippen molar-refractivity contribution in [2.24, 2.45) is 0 Å². The van der Waals surface area contributed by atoms with Gasteiger partial charge in [-0.2, -0.15) is 0 Å². The van der Waals surface area contributed by atoms with Crippen molar-refractivity contribution in [1.82, 2.24) is 10.4 Å². The second-order valence-corrected chi connectivity index (χ2v) is 2.98. The molecule has 1 fully saturated rings. The highest BCUT2D eigenvalue weighted by Gasteiger charge is 2.18. The highest BCUT2D eigenvalue weighted by molar-refractivity contribution is 5.89. The lowest BCUT2D eigenvalue weighted by Gasteiger charge is -2.26. The van der Waals surface area contributed by atoms with Gasteiger partial charge in [0.05, 0.1) is 0 Å². The molecule has 0 spiro atoms. The quantitative estimate of drug-likeness (QED) is 0.636. The molecule has 13 heavy (non-hydrogen) atoms. The largest absolute Gasteiger partial charge is 0.273 e. The lowest BCUT2D eigenvalue weighted by Crippen LogP contribution is -2.47. The maximum atomic E-state index is 11.2. The van der Waals surface area contributed by atoms with E-state index in [1.807, 2.05) is 0 Å². The summed E-state index contributed by atoms with van der Waals surface area (Å²) in [5, 5.41) is 1.39. The molecule has 0 saturated carbocycles. The van der Waals surface area contributed by atoms with Gasteiger partial charge in [0.1, 0.15) is 0 Å². The fraction of sp³-hybridized carbons (Fsp3) is 0.556. The third-order valence-electron chi connectivity index (χ3n) is 1.89. The first-order valence-corrected chi connectivity index (χ1v) is 4.47. The van der Waals surface area contributed by atoms with Crippen LogP contribution in [0.2, 0.25) is 0 Å². The summed E-state index contributed by atoms with van der Waals surface area (Å²) in [5.74, 6) is -0.234. The molecule has 2 amide bonds. The Balaban J connectivity index is 2.42. The molecule has 0 unspecified atom stereocenters. The average molecular weight is 182 g/mol. The Labute approximate surface area is 77.6 Å². The van der Waals surface area contributed by atoms with Crippen molar-refractivity contribution in [3.8, 4) is 0 Å². The predicted octanol–water partition coefficient (Wildman–Crippen LogP) is 0.606. The molecule has 0 bridgehead atoms. The number of hydrazine groups is 1. The van der Waals surface area contributed by atoms with Gasteiger partial charge >= 0.3 is 0 Å². The number of nitrogens with one attached hydrogen (secondary N) is 1. The van der Waals surface area contributed by atoms with Crippen LogP contribution in [0.5, 0.6) is 0 Å². The number of hydrogen-bond donors (Lipinski definition) is 1. The highest BCUT2D eigenvalue weighted by Crippen LogP contribution is 2.07. The van der Waals surface area contributed by atoms with E-state index in [-0.39, 0.29) is 11.8 Å². The van der Waals surface area contributed by atoms with Crippen molar-refractivity contribution in [3.63, 3.8) is 0 Å². The molecule has 0 aromatic rings. The molecule has 4 nitrogen and oxygen atoms in total. The van der Waals surface area contributed by atoms with Gasteiger partial charge < -0.3 is 0 Å². The molecule has 0 aromatic heterocycles. The fourth-order valence-electron chi connectivity index (χ4n) is 1.25. The first-order valence-electron chi connectivity index (χ1n) is 4.47. The second-order valence-electron chi connectivity index (χ2n) is 2.98. The summed E-state index contributed by atoms with van der Waals surface area (Å²) in [7, 11) is 0. The summed E-state index contributed by atoms with van der Waals surface area (Å²) in [6.45, 7) is 2.39. The van der Waals surface area contributed by atoms with E-state index in [1.165, 1.54) is 11.1 Å². The van der Waals surface area contributed by atoms with Gasteiger partial charge in [-0.15, -0.1) is 0 Å². The lowest BCUT2D eigenvalue weighted by molar-refractivity contribution is -0.141. The van der Waals surface area contributed by atoms with Crippen LogP contribution in [-0.2, 0) is 9.59 Å². The fourth-order valence-corrected chi connectivity index (χ4v) is 1.25. The molecule has 0 radical (unpaired) electrons. The summed E-state index contributed by atoms with van der Waals surface area (Å²) in [5.41, 5.74) is 2.53. The minimum Gasteiger partial charge on any atom is -0.273 e. The highest BCUT2D eigenvalue weighted by atomic mass is 16.2. The van der Waals surface area contributed by atoms with E-state index in [4.69, 9.17) is 0 Å². The third kappa shape index (κ3) is 2.89. The number of nitrogens with zero attached hydrogens (tertiary/aromatic N) is 1. The molecule has 1 saturated heterocycles. The summed E-state index contributed by atoms with van der Waals surface area (Å²) < 4.78 is 0. The molecular formula is C9H14N2O2. The first kappa shape index (κ1) is 9.77. The number of carbonyl (C=O) groups excluding carboxylic acids is 2. The Morgan fingerprint density at radius 2 is 2.31 bits per heavy atom. The SMILES string of the molecule is C/C=C/C(=O)NN1CCCCC1=O. The Morgan fingerprint density at radius 3 is 2.92 bits per heavy atom. The molecule has 1 aliphatic rings. The molecule has 1 aliphatic heterocycles. The number of allylic oxidation sites excluding steroid dienone is 1. The van der Waals surface area contributed by atoms with Gasteiger partial charge in [-0.1, -0.05) is 6.08 Å². The van der Waals surface area contributed by atoms with E-state index in [9.17, 15) is 9.59 Å². The van der Waals surface area contributed by atoms with Crippen LogP contribution in [0.15, 0.2) is 12.2 Å². The van der Waals surface area contributed by atoms with Crippen molar-refractivity contribution in [2.75, 3.05) is 6.54 Å². The first-order chi connectivity index (χ1) is 6.24. The number of piperidine rings is 1. The summed E-state index contributed by atoms with van der Waals surface area (Å²) in [6, 6.07) is 0. The van der Waals surface area contributed by atoms with E-state index < -0.39 is 0 Å². The van der Waals surface area contributed by atoms with E-state index in [1.54, 1.807) is 13.0 Å². The minimum absolute atomic E-state index is 0.00380. The van der Waals surface area contributed by atoms with Crippen molar-refractivity contribution >= 4 is 11.8 Å². The normalized spacial score (nSPS) is 17.9. The maximum Gasteiger partial charge on any atom is 0.262 e. The topological polar surface area (TPSA) is 49.4 Å². The van der Waals surface area contributed by atoms with E-state index in [0.717, 1.165) is 12.8 Å². The number of rotatable bonds is 2. The smallest absolute Gasteiger partial charge is 0.262 e. The summed E-state index contributed by atoms with van der Waals surface area (Å²) >= 11 is 0. The zero-order valence-electron chi connectivity index (χ0n) is 7.75. The van der Waals surface area contributed by atoms with Gasteiger partial charge in [0.2, 0.25) is 5.91 Å². The Morgan fingerprint density at radius 1 is 1.54 bits per heavy atom. The molecule has 0 aromatic carbocycles. The van der Waals surface area contributed by atoms with Gasteiger partial charge in [-0.3, -0.25) is 20.0 Å². The third-order valence-corrected chi connectivity index (χ3v) is 1.89. The predicted molar refractivity (Wildman–Crippen MR) is 48.5 cm³/mol. The van der Waals surface area contributed by atoms with Crippen molar-refractivity contribution < 1.29 is 9.59 Å². The van der Waals surface area contributed by atoms with Crippen LogP contribution < -0.4 is 5.43 Å². The van der Waals surface area contributed by atoms with Crippen LogP contribution in [0.3, 0.4) is 0 Å². The van der Waals surface area contributed by atoms with Crippen LogP contribution in [0.25, 0.3) is 0 Å². The zero-order chi connectivity index (χ0) is 9.68. The average Bonchev–Trinajstić information content (AvgIpc) is 2.09. The van der Waals surface area contributed by atoms with Crippen LogP contribution in [-0.4, -0.2) is 23.4 Å². The molecule has 72 valence electrons. The van der Waals surface area contributed by atoms with Crippen LogP contribution in [0.4, 0.5) is 0 Å². The number of amides is 2. The van der Waals surface area contributed by atoms with Gasteiger partial charge in [0.15, 0.2) is 0 Å². The van der Waals surface area contributed by atoms with E-state index in [0.29, 0.717) is 13.0 Å². The van der Waals surface area contributed by atoms with Crippen LogP contribution >= 0.6 is 0 Å². The van der Waals surface area contributed by atoms with Gasteiger partial charge in [-0.05, 0) is 19.8 Å². The zero-order valence-corrected chi connectivity index (χ0v) is 7.75. The molecule has 1 heterocycles. The molecule has 0 atom stereocenters. The monoisotopic (exact) mass is 182 g/mol. The summed E-state index contributed by atoms with van der Waals surface area (Å²) in [4.78, 5) is 22.3. The number of hydrogen-bond acceptors (Lipinski definition) is 2. The molecule has 0 aliphatic carbocycles. The standard InChI is InChI=1S/C9H14N2O2/c1-2-5-8(12)10-11-7-4-3-6-9(11)13/h2,5H,3-4,6-7H2,1H3,(H,10,12)/b5-2+. The van der Waals surface area contributed by atoms with Crippen molar-refractivity contribution in [1.29, 1.82) is 0 Å². The van der Waals surface area contributed by atoms with Gasteiger partial charge in [0.25, 0.3) is 5.91 Å². The van der Waals surface area contributed by atoms with E-state index >= 15 is 0 Å². The molecule has 4 heteroatoms. The number of carbonyl (C=O) groups is 2. The Kier molecular flexibility index (Phi) is 3.49. The molecule has 1 rings (SSSR count). The second kappa shape index (κ2) is 4.64. The van der Waals surface area contributed by atoms with E-state index in [2.05, 4.69) is 5.43 Å². The van der Waals surface area contributed by atoms with Gasteiger partial charge in [-0.25, -0.2) is 0 Å². The van der Waals surface area contributed by atoms with Gasteiger partial charge in [0, 0.05) is 19.0 Å². The lowest BCUT2D eigenvalue weighted by atomic mass is 10.1. The van der Waals surface area contributed by atoms with Crippen molar-refractivity contribution in [2.45, 2.75) is 26.2 Å². The summed E-state index contributed by atoms with van der Waals surface area (Å²) in [6.07, 6.45) is 5.47. The molecular weight excluding hydrogens is 168 g/mol. The molecule has 1 N–H and O–H groups in total. The van der Waals surface area contributed by atoms with Crippen LogP contribution in [0, 0.1) is 0 Å². The van der Waals surface area contributed by atoms with Crippen molar-refractivity contribution in [3.05, 3.63) is 12.2 Å². The Hall–Kier alpha value is -1.32. The maximum absolute atomic E-state index is 11.2. The van der Waals surface area contributed by atoms with Crippen LogP contribution in [0.1, 0.15) is 26.2 Å².